The van der Waals surface area contributed by atoms with E-state index in [1.165, 1.54) is 6.07 Å². The SMILES string of the molecule is COCCN(C)CCn1c(=O)oc2ccc(-c3ccc(C[C@@H](C#N)NC(=O)[C@@H]4CN[C@@H](C)[C@H](O)CO4)c(F)c3)cc21. The number of carbonyl (C=O) groups excluding carboxylic acids is 1. The first-order valence-electron chi connectivity index (χ1n) is 13.5. The van der Waals surface area contributed by atoms with Gasteiger partial charge in [-0.15, -0.1) is 0 Å². The molecule has 0 unspecified atom stereocenters. The highest BCUT2D eigenvalue weighted by molar-refractivity contribution is 5.82. The van der Waals surface area contributed by atoms with Gasteiger partial charge in [0.15, 0.2) is 5.58 Å². The van der Waals surface area contributed by atoms with Crippen LogP contribution in [0.4, 0.5) is 4.39 Å². The fraction of sp³-hybridized carbons (Fsp3) is 0.483. The number of likely N-dealkylation sites (N-methyl/N-ethyl adjacent to an activating group) is 1. The number of oxazole rings is 1. The lowest BCUT2D eigenvalue weighted by Gasteiger charge is -2.18. The van der Waals surface area contributed by atoms with E-state index in [1.807, 2.05) is 13.1 Å². The molecular weight excluding hydrogens is 533 g/mol. The maximum absolute atomic E-state index is 15.2. The molecule has 2 heterocycles. The number of hydrogen-bond acceptors (Lipinski definition) is 9. The van der Waals surface area contributed by atoms with Gasteiger partial charge in [-0.05, 0) is 48.9 Å². The van der Waals surface area contributed by atoms with Crippen molar-refractivity contribution in [2.75, 3.05) is 47.0 Å². The highest BCUT2D eigenvalue weighted by atomic mass is 19.1. The van der Waals surface area contributed by atoms with Crippen LogP contribution in [0.25, 0.3) is 22.2 Å². The third kappa shape index (κ3) is 7.58. The molecule has 0 bridgehead atoms. The van der Waals surface area contributed by atoms with Gasteiger partial charge in [0, 0.05) is 45.8 Å². The Balaban J connectivity index is 1.45. The van der Waals surface area contributed by atoms with Crippen molar-refractivity contribution in [1.29, 1.82) is 5.26 Å². The van der Waals surface area contributed by atoms with Crippen molar-refractivity contribution in [3.05, 3.63) is 58.3 Å². The van der Waals surface area contributed by atoms with Crippen LogP contribution in [0, 0.1) is 17.1 Å². The molecule has 3 N–H and O–H groups in total. The number of ether oxygens (including phenoxy) is 2. The second kappa shape index (κ2) is 13.8. The van der Waals surface area contributed by atoms with Gasteiger partial charge in [-0.1, -0.05) is 18.2 Å². The zero-order chi connectivity index (χ0) is 29.5. The number of benzene rings is 2. The fourth-order valence-electron chi connectivity index (χ4n) is 4.60. The Bertz CT molecular complexity index is 1440. The standard InChI is InChI=1S/C29H36FN5O6/c1-18-25(36)17-40-27(16-32-18)28(37)33-22(15-31)12-21-5-4-19(13-23(21)30)20-6-7-26-24(14-20)35(29(38)41-26)9-8-34(2)10-11-39-3/h4-7,13-14,18,22,25,27,32,36H,8-12,16-17H2,1-3H3,(H,33,37)/t18-,22-,25+,27-/m0/s1. The molecule has 1 aromatic heterocycles. The summed E-state index contributed by atoms with van der Waals surface area (Å²) in [4.78, 5) is 27.2. The van der Waals surface area contributed by atoms with E-state index in [9.17, 15) is 20.0 Å². The van der Waals surface area contributed by atoms with E-state index in [-0.39, 0.29) is 31.2 Å². The second-order valence-electron chi connectivity index (χ2n) is 10.3. The minimum Gasteiger partial charge on any atom is -0.408 e. The molecule has 1 saturated heterocycles. The van der Waals surface area contributed by atoms with E-state index in [4.69, 9.17) is 13.9 Å². The van der Waals surface area contributed by atoms with Gasteiger partial charge in [-0.3, -0.25) is 9.36 Å². The fourth-order valence-corrected chi connectivity index (χ4v) is 4.60. The number of methoxy groups -OCH3 is 1. The summed E-state index contributed by atoms with van der Waals surface area (Å²) in [5.41, 5.74) is 2.62. The first kappa shape index (κ1) is 30.4. The van der Waals surface area contributed by atoms with Gasteiger partial charge < -0.3 is 34.5 Å². The zero-order valence-corrected chi connectivity index (χ0v) is 23.4. The lowest BCUT2D eigenvalue weighted by atomic mass is 10.00. The van der Waals surface area contributed by atoms with Gasteiger partial charge in [0.2, 0.25) is 0 Å². The Morgan fingerprint density at radius 2 is 2.07 bits per heavy atom. The number of hydrogen-bond donors (Lipinski definition) is 3. The molecule has 0 radical (unpaired) electrons. The lowest BCUT2D eigenvalue weighted by molar-refractivity contribution is -0.133. The van der Waals surface area contributed by atoms with Gasteiger partial charge in [-0.2, -0.15) is 5.26 Å². The van der Waals surface area contributed by atoms with Crippen LogP contribution in [0.3, 0.4) is 0 Å². The number of amides is 1. The summed E-state index contributed by atoms with van der Waals surface area (Å²) in [7, 11) is 3.58. The first-order valence-corrected chi connectivity index (χ1v) is 13.5. The minimum absolute atomic E-state index is 0.00820. The average Bonchev–Trinajstić information content (AvgIpc) is 3.17. The molecule has 4 atom stereocenters. The summed E-state index contributed by atoms with van der Waals surface area (Å²) in [6.45, 7) is 4.31. The van der Waals surface area contributed by atoms with Crippen LogP contribution in [0.1, 0.15) is 12.5 Å². The molecule has 11 nitrogen and oxygen atoms in total. The van der Waals surface area contributed by atoms with Gasteiger partial charge in [-0.25, -0.2) is 9.18 Å². The maximum atomic E-state index is 15.2. The summed E-state index contributed by atoms with van der Waals surface area (Å²) in [6, 6.07) is 10.7. The molecule has 0 aliphatic carbocycles. The molecule has 3 aromatic rings. The number of aromatic nitrogens is 1. The van der Waals surface area contributed by atoms with Crippen LogP contribution in [0.5, 0.6) is 0 Å². The molecular formula is C29H36FN5O6. The van der Waals surface area contributed by atoms with Crippen molar-refractivity contribution >= 4 is 17.0 Å². The van der Waals surface area contributed by atoms with Crippen molar-refractivity contribution in [1.82, 2.24) is 20.1 Å². The number of aliphatic hydroxyl groups is 1. The van der Waals surface area contributed by atoms with E-state index in [0.717, 1.165) is 6.54 Å². The molecule has 2 aromatic carbocycles. The molecule has 1 amide bonds. The minimum atomic E-state index is -0.976. The number of nitrogens with one attached hydrogen (secondary N) is 2. The zero-order valence-electron chi connectivity index (χ0n) is 23.4. The van der Waals surface area contributed by atoms with Crippen LogP contribution in [-0.4, -0.2) is 91.8 Å². The normalized spacial score (nSPS) is 20.1. The third-order valence-electron chi connectivity index (χ3n) is 7.30. The number of fused-ring (bicyclic) bond motifs is 1. The molecule has 0 spiro atoms. The second-order valence-corrected chi connectivity index (χ2v) is 10.3. The summed E-state index contributed by atoms with van der Waals surface area (Å²) >= 11 is 0. The highest BCUT2D eigenvalue weighted by Gasteiger charge is 2.29. The van der Waals surface area contributed by atoms with Crippen molar-refractivity contribution < 1.29 is 28.2 Å². The van der Waals surface area contributed by atoms with E-state index >= 15 is 4.39 Å². The molecule has 1 fully saturated rings. The van der Waals surface area contributed by atoms with Crippen molar-refractivity contribution in [3.8, 4) is 17.2 Å². The number of carbonyl (C=O) groups is 1. The van der Waals surface area contributed by atoms with Gasteiger partial charge in [0.25, 0.3) is 5.91 Å². The summed E-state index contributed by atoms with van der Waals surface area (Å²) in [6.07, 6.45) is -1.66. The first-order chi connectivity index (χ1) is 19.7. The van der Waals surface area contributed by atoms with Crippen LogP contribution in [-0.2, 0) is 27.2 Å². The maximum Gasteiger partial charge on any atom is 0.419 e. The van der Waals surface area contributed by atoms with E-state index in [0.29, 0.717) is 41.9 Å². The average molecular weight is 570 g/mol. The highest BCUT2D eigenvalue weighted by Crippen LogP contribution is 2.26. The largest absolute Gasteiger partial charge is 0.419 e. The number of nitriles is 1. The van der Waals surface area contributed by atoms with Crippen LogP contribution in [0.2, 0.25) is 0 Å². The van der Waals surface area contributed by atoms with Gasteiger partial charge in [0.1, 0.15) is 18.0 Å². The smallest absolute Gasteiger partial charge is 0.408 e. The Kier molecular flexibility index (Phi) is 10.3. The number of aliphatic hydroxyl groups excluding tert-OH is 1. The number of rotatable bonds is 11. The molecule has 220 valence electrons. The van der Waals surface area contributed by atoms with Crippen molar-refractivity contribution in [3.63, 3.8) is 0 Å². The Hall–Kier alpha value is -3.60. The topological polar surface area (TPSA) is 142 Å². The van der Waals surface area contributed by atoms with Crippen LogP contribution < -0.4 is 16.4 Å². The van der Waals surface area contributed by atoms with Gasteiger partial charge >= 0.3 is 5.76 Å². The molecule has 1 aliphatic heterocycles. The summed E-state index contributed by atoms with van der Waals surface area (Å²) in [5.74, 6) is -1.49. The summed E-state index contributed by atoms with van der Waals surface area (Å²) < 4.78 is 32.7. The van der Waals surface area contributed by atoms with Crippen LogP contribution >= 0.6 is 0 Å². The third-order valence-corrected chi connectivity index (χ3v) is 7.30. The Morgan fingerprint density at radius 3 is 2.80 bits per heavy atom. The Morgan fingerprint density at radius 1 is 1.32 bits per heavy atom. The van der Waals surface area contributed by atoms with E-state index in [1.54, 1.807) is 48.9 Å². The molecule has 0 saturated carbocycles. The van der Waals surface area contributed by atoms with Crippen LogP contribution in [0.15, 0.2) is 45.6 Å². The lowest BCUT2D eigenvalue weighted by Crippen LogP contribution is -2.46. The van der Waals surface area contributed by atoms with E-state index in [2.05, 4.69) is 15.5 Å². The molecule has 12 heteroatoms. The Labute approximate surface area is 237 Å². The molecule has 41 heavy (non-hydrogen) atoms. The monoisotopic (exact) mass is 569 g/mol. The van der Waals surface area contributed by atoms with E-state index < -0.39 is 35.7 Å². The summed E-state index contributed by atoms with van der Waals surface area (Å²) in [5, 5.41) is 25.2. The van der Waals surface area contributed by atoms with Crippen molar-refractivity contribution in [2.24, 2.45) is 0 Å². The van der Waals surface area contributed by atoms with Crippen molar-refractivity contribution in [2.45, 2.75) is 44.2 Å². The predicted molar refractivity (Wildman–Crippen MR) is 150 cm³/mol. The molecule has 1 aliphatic rings. The van der Waals surface area contributed by atoms with Gasteiger partial charge in [0.05, 0.1) is 30.9 Å². The predicted octanol–water partition coefficient (Wildman–Crippen LogP) is 1.27. The number of halogens is 1. The molecule has 4 rings (SSSR count). The quantitative estimate of drug-likeness (QED) is 0.311. The number of nitrogens with zero attached hydrogens (tertiary/aromatic N) is 3.